The molecular weight excluding hydrogens is 402 g/mol. The van der Waals surface area contributed by atoms with Gasteiger partial charge in [0, 0.05) is 18.5 Å². The lowest BCUT2D eigenvalue weighted by atomic mass is 9.73. The lowest BCUT2D eigenvalue weighted by Crippen LogP contribution is -2.38. The number of nitrogens with zero attached hydrogens (tertiary/aromatic N) is 1. The van der Waals surface area contributed by atoms with Gasteiger partial charge in [-0.3, -0.25) is 9.36 Å². The summed E-state index contributed by atoms with van der Waals surface area (Å²) in [6.07, 6.45) is 2.83. The Morgan fingerprint density at radius 3 is 2.87 bits per heavy atom. The third kappa shape index (κ3) is 3.06. The molecule has 1 aliphatic heterocycles. The number of rotatable bonds is 4. The van der Waals surface area contributed by atoms with Crippen molar-refractivity contribution < 1.29 is 4.74 Å². The first-order valence-corrected chi connectivity index (χ1v) is 10.8. The molecule has 30 heavy (non-hydrogen) atoms. The number of benzene rings is 2. The molecule has 0 amide bonds. The third-order valence-corrected chi connectivity index (χ3v) is 7.04. The van der Waals surface area contributed by atoms with Gasteiger partial charge in [-0.2, -0.15) is 0 Å². The average molecular weight is 426 g/mol. The van der Waals surface area contributed by atoms with Crippen molar-refractivity contribution in [3.63, 3.8) is 0 Å². The zero-order valence-electron chi connectivity index (χ0n) is 16.8. The Bertz CT molecular complexity index is 1230. The summed E-state index contributed by atoms with van der Waals surface area (Å²) in [5.41, 5.74) is 2.38. The number of hydrogen-bond donors (Lipinski definition) is 2. The molecule has 1 aromatic heterocycles. The molecule has 1 fully saturated rings. The van der Waals surface area contributed by atoms with E-state index in [0.717, 1.165) is 25.1 Å². The van der Waals surface area contributed by atoms with E-state index in [1.54, 1.807) is 25.3 Å². The highest BCUT2D eigenvalue weighted by atomic mass is 35.5. The Balaban J connectivity index is 1.46. The molecule has 2 N–H and O–H groups in total. The van der Waals surface area contributed by atoms with Gasteiger partial charge in [0.1, 0.15) is 5.75 Å². The second-order valence-electron chi connectivity index (χ2n) is 8.21. The summed E-state index contributed by atoms with van der Waals surface area (Å²) in [7, 11) is 1.72. The number of H-pyrrole nitrogens is 1. The van der Waals surface area contributed by atoms with Gasteiger partial charge in [0.05, 0.1) is 23.0 Å². The zero-order chi connectivity index (χ0) is 20.8. The van der Waals surface area contributed by atoms with Crippen LogP contribution in [-0.4, -0.2) is 29.2 Å². The van der Waals surface area contributed by atoms with Crippen molar-refractivity contribution >= 4 is 22.5 Å². The maximum absolute atomic E-state index is 13.0. The minimum atomic E-state index is -0.393. The molecule has 1 unspecified atom stereocenters. The number of fused-ring (bicyclic) bond motifs is 4. The fourth-order valence-corrected chi connectivity index (χ4v) is 5.58. The number of aromatic amines is 1. The lowest BCUT2D eigenvalue weighted by Gasteiger charge is -2.32. The van der Waals surface area contributed by atoms with Crippen LogP contribution in [-0.2, 0) is 13.0 Å². The highest BCUT2D eigenvalue weighted by Gasteiger charge is 2.40. The van der Waals surface area contributed by atoms with Crippen molar-refractivity contribution in [3.8, 4) is 5.75 Å². The fraction of sp³-hybridized carbons (Fsp3) is 0.391. The van der Waals surface area contributed by atoms with Gasteiger partial charge in [-0.25, -0.2) is 4.79 Å². The van der Waals surface area contributed by atoms with Crippen LogP contribution in [0.5, 0.6) is 5.75 Å². The summed E-state index contributed by atoms with van der Waals surface area (Å²) >= 11 is 6.23. The maximum Gasteiger partial charge on any atom is 0.328 e. The molecule has 0 radical (unpaired) electrons. The number of hydrogen-bond acceptors (Lipinski definition) is 4. The molecule has 2 heterocycles. The number of nitrogens with one attached hydrogen (secondary N) is 2. The Kier molecular flexibility index (Phi) is 4.91. The highest BCUT2D eigenvalue weighted by Crippen LogP contribution is 2.45. The van der Waals surface area contributed by atoms with Crippen LogP contribution in [0.4, 0.5) is 0 Å². The van der Waals surface area contributed by atoms with Crippen LogP contribution in [0.3, 0.4) is 0 Å². The molecule has 2 aromatic carbocycles. The van der Waals surface area contributed by atoms with Crippen molar-refractivity contribution in [1.82, 2.24) is 14.9 Å². The van der Waals surface area contributed by atoms with E-state index in [-0.39, 0.29) is 11.6 Å². The Morgan fingerprint density at radius 1 is 1.20 bits per heavy atom. The summed E-state index contributed by atoms with van der Waals surface area (Å²) in [4.78, 5) is 28.3. The van der Waals surface area contributed by atoms with Gasteiger partial charge < -0.3 is 15.0 Å². The molecule has 3 aromatic rings. The van der Waals surface area contributed by atoms with Gasteiger partial charge in [0.25, 0.3) is 5.56 Å². The molecule has 1 aliphatic carbocycles. The van der Waals surface area contributed by atoms with Crippen LogP contribution in [0, 0.1) is 5.92 Å². The van der Waals surface area contributed by atoms with E-state index in [2.05, 4.69) is 22.4 Å². The minimum Gasteiger partial charge on any atom is -0.496 e. The van der Waals surface area contributed by atoms with Crippen LogP contribution in [0.15, 0.2) is 46.0 Å². The molecule has 5 rings (SSSR count). The van der Waals surface area contributed by atoms with Crippen molar-refractivity contribution in [2.75, 3.05) is 13.7 Å². The number of methoxy groups -OCH3 is 1. The fourth-order valence-electron chi connectivity index (χ4n) is 5.33. The van der Waals surface area contributed by atoms with E-state index in [0.29, 0.717) is 40.7 Å². The van der Waals surface area contributed by atoms with Gasteiger partial charge in [0.2, 0.25) is 0 Å². The first-order valence-electron chi connectivity index (χ1n) is 10.4. The standard InChI is InChI=1S/C23H24ClN3O3/c1-30-19-7-2-4-15-14(19)9-8-13-12-25-17(20(13)15)10-11-27-22(28)21-16(24)5-3-6-18(21)26-23(27)29/h2-7,13,17,20,25H,8-12H2,1H3,(H,26,29)/t13-,17?,20+/m0/s1. The normalized spacial score (nSPS) is 22.7. The summed E-state index contributed by atoms with van der Waals surface area (Å²) in [6, 6.07) is 11.6. The molecule has 3 atom stereocenters. The Morgan fingerprint density at radius 2 is 2.03 bits per heavy atom. The van der Waals surface area contributed by atoms with Gasteiger partial charge in [-0.1, -0.05) is 29.8 Å². The van der Waals surface area contributed by atoms with E-state index in [9.17, 15) is 9.59 Å². The van der Waals surface area contributed by atoms with Gasteiger partial charge in [-0.15, -0.1) is 0 Å². The van der Waals surface area contributed by atoms with Crippen LogP contribution >= 0.6 is 11.6 Å². The molecule has 156 valence electrons. The van der Waals surface area contributed by atoms with E-state index in [4.69, 9.17) is 16.3 Å². The van der Waals surface area contributed by atoms with Gasteiger partial charge >= 0.3 is 5.69 Å². The number of halogens is 1. The van der Waals surface area contributed by atoms with Crippen LogP contribution in [0.1, 0.15) is 29.9 Å². The van der Waals surface area contributed by atoms with Crippen molar-refractivity contribution in [2.45, 2.75) is 37.8 Å². The number of aromatic nitrogens is 2. The second kappa shape index (κ2) is 7.60. The third-order valence-electron chi connectivity index (χ3n) is 6.72. The predicted octanol–water partition coefficient (Wildman–Crippen LogP) is 3.06. The first kappa shape index (κ1) is 19.4. The summed E-state index contributed by atoms with van der Waals surface area (Å²) in [5.74, 6) is 1.88. The molecule has 7 heteroatoms. The SMILES string of the molecule is COc1cccc2c1CC[C@H]1CNC(CCn3c(=O)[nH]c4cccc(Cl)c4c3=O)[C@@H]21. The minimum absolute atomic E-state index is 0.203. The number of ether oxygens (including phenoxy) is 1. The van der Waals surface area contributed by atoms with Crippen LogP contribution in [0.25, 0.3) is 10.9 Å². The summed E-state index contributed by atoms with van der Waals surface area (Å²) in [6.45, 7) is 1.30. The second-order valence-corrected chi connectivity index (χ2v) is 8.61. The van der Waals surface area contributed by atoms with Crippen molar-refractivity contribution in [1.29, 1.82) is 0 Å². The van der Waals surface area contributed by atoms with Gasteiger partial charge in [-0.05, 0) is 61.1 Å². The van der Waals surface area contributed by atoms with E-state index in [1.165, 1.54) is 15.7 Å². The Labute approximate surface area is 178 Å². The van der Waals surface area contributed by atoms with E-state index >= 15 is 0 Å². The van der Waals surface area contributed by atoms with Crippen molar-refractivity contribution in [2.24, 2.45) is 5.92 Å². The van der Waals surface area contributed by atoms with Crippen molar-refractivity contribution in [3.05, 3.63) is 73.4 Å². The average Bonchev–Trinajstić information content (AvgIpc) is 3.16. The van der Waals surface area contributed by atoms with Gasteiger partial charge in [0.15, 0.2) is 0 Å². The quantitative estimate of drug-likeness (QED) is 0.673. The predicted molar refractivity (Wildman–Crippen MR) is 118 cm³/mol. The largest absolute Gasteiger partial charge is 0.496 e. The van der Waals surface area contributed by atoms with E-state index < -0.39 is 5.69 Å². The van der Waals surface area contributed by atoms with Crippen LogP contribution in [0.2, 0.25) is 5.02 Å². The molecule has 2 aliphatic rings. The summed E-state index contributed by atoms with van der Waals surface area (Å²) in [5, 5.41) is 4.36. The van der Waals surface area contributed by atoms with E-state index in [1.807, 2.05) is 6.07 Å². The molecule has 6 nitrogen and oxygen atoms in total. The summed E-state index contributed by atoms with van der Waals surface area (Å²) < 4.78 is 6.86. The molecule has 1 saturated heterocycles. The zero-order valence-corrected chi connectivity index (χ0v) is 17.5. The topological polar surface area (TPSA) is 76.1 Å². The molecular formula is C23H24ClN3O3. The maximum atomic E-state index is 13.0. The van der Waals surface area contributed by atoms with Crippen LogP contribution < -0.4 is 21.3 Å². The highest BCUT2D eigenvalue weighted by molar-refractivity contribution is 6.35. The smallest absolute Gasteiger partial charge is 0.328 e. The lowest BCUT2D eigenvalue weighted by molar-refractivity contribution is 0.371. The molecule has 0 spiro atoms. The molecule has 0 saturated carbocycles. The monoisotopic (exact) mass is 425 g/mol. The first-order chi connectivity index (χ1) is 14.6. The Hall–Kier alpha value is -2.57. The molecule has 0 bridgehead atoms.